The molecule has 0 bridgehead atoms. The van der Waals surface area contributed by atoms with Crippen molar-refractivity contribution < 1.29 is 4.74 Å². The first kappa shape index (κ1) is 11.5. The summed E-state index contributed by atoms with van der Waals surface area (Å²) < 4.78 is 7.44. The Labute approximate surface area is 101 Å². The van der Waals surface area contributed by atoms with Crippen LogP contribution in [0, 0.1) is 0 Å². The summed E-state index contributed by atoms with van der Waals surface area (Å²) >= 11 is 0. The Morgan fingerprint density at radius 3 is 3.00 bits per heavy atom. The Morgan fingerprint density at radius 2 is 2.29 bits per heavy atom. The maximum Gasteiger partial charge on any atom is 0.119 e. The molecule has 0 aliphatic heterocycles. The van der Waals surface area contributed by atoms with Gasteiger partial charge in [0.1, 0.15) is 12.4 Å². The average Bonchev–Trinajstić information content (AvgIpc) is 2.75. The molecule has 90 valence electrons. The van der Waals surface area contributed by atoms with E-state index in [1.165, 1.54) is 5.56 Å². The van der Waals surface area contributed by atoms with Crippen molar-refractivity contribution >= 4 is 5.69 Å². The first-order chi connectivity index (χ1) is 8.28. The molecule has 2 N–H and O–H groups in total. The van der Waals surface area contributed by atoms with Crippen molar-refractivity contribution in [3.8, 4) is 5.75 Å². The Balaban J connectivity index is 1.85. The quantitative estimate of drug-likeness (QED) is 0.857. The molecule has 0 fully saturated rings. The van der Waals surface area contributed by atoms with Gasteiger partial charge in [-0.25, -0.2) is 0 Å². The van der Waals surface area contributed by atoms with Gasteiger partial charge in [-0.1, -0.05) is 19.1 Å². The van der Waals surface area contributed by atoms with Crippen molar-refractivity contribution in [2.24, 2.45) is 0 Å². The molecule has 0 saturated carbocycles. The van der Waals surface area contributed by atoms with E-state index in [2.05, 4.69) is 24.2 Å². The summed E-state index contributed by atoms with van der Waals surface area (Å²) in [7, 11) is 0. The highest BCUT2D eigenvalue weighted by molar-refractivity contribution is 5.30. The first-order valence-electron chi connectivity index (χ1n) is 5.77. The number of rotatable bonds is 5. The van der Waals surface area contributed by atoms with Gasteiger partial charge < -0.3 is 10.5 Å². The number of anilines is 1. The molecule has 0 saturated heterocycles. The smallest absolute Gasteiger partial charge is 0.119 e. The summed E-state index contributed by atoms with van der Waals surface area (Å²) in [6, 6.07) is 8.15. The van der Waals surface area contributed by atoms with Crippen LogP contribution in [0.25, 0.3) is 0 Å². The molecule has 0 amide bonds. The van der Waals surface area contributed by atoms with Crippen LogP contribution in [0.5, 0.6) is 5.75 Å². The number of ether oxygens (including phenoxy) is 1. The zero-order valence-corrected chi connectivity index (χ0v) is 9.97. The predicted molar refractivity (Wildman–Crippen MR) is 68.0 cm³/mol. The fourth-order valence-corrected chi connectivity index (χ4v) is 1.61. The van der Waals surface area contributed by atoms with Crippen LogP contribution in [0.1, 0.15) is 12.5 Å². The molecule has 1 aromatic carbocycles. The van der Waals surface area contributed by atoms with Gasteiger partial charge in [-0.05, 0) is 24.1 Å². The van der Waals surface area contributed by atoms with Crippen molar-refractivity contribution in [2.75, 3.05) is 12.3 Å². The van der Waals surface area contributed by atoms with Crippen molar-refractivity contribution in [1.82, 2.24) is 9.78 Å². The lowest BCUT2D eigenvalue weighted by Crippen LogP contribution is -2.08. The number of hydrogen-bond acceptors (Lipinski definition) is 3. The van der Waals surface area contributed by atoms with Crippen molar-refractivity contribution in [3.05, 3.63) is 42.2 Å². The second-order valence-corrected chi connectivity index (χ2v) is 3.89. The largest absolute Gasteiger partial charge is 0.492 e. The Kier molecular flexibility index (Phi) is 3.65. The van der Waals surface area contributed by atoms with Crippen LogP contribution in [0.4, 0.5) is 5.69 Å². The summed E-state index contributed by atoms with van der Waals surface area (Å²) in [4.78, 5) is 0. The Bertz CT molecular complexity index is 479. The van der Waals surface area contributed by atoms with E-state index < -0.39 is 0 Å². The minimum atomic E-state index is 0.592. The second kappa shape index (κ2) is 5.39. The van der Waals surface area contributed by atoms with E-state index in [1.54, 1.807) is 17.1 Å². The normalized spacial score (nSPS) is 10.4. The maximum atomic E-state index is 5.66. The van der Waals surface area contributed by atoms with Crippen LogP contribution in [0.3, 0.4) is 0 Å². The zero-order valence-electron chi connectivity index (χ0n) is 9.97. The number of hydrogen-bond donors (Lipinski definition) is 1. The van der Waals surface area contributed by atoms with Gasteiger partial charge in [0.05, 0.1) is 18.4 Å². The van der Waals surface area contributed by atoms with E-state index in [0.29, 0.717) is 18.8 Å². The number of aryl methyl sites for hydroxylation is 1. The molecular weight excluding hydrogens is 214 g/mol. The lowest BCUT2D eigenvalue weighted by molar-refractivity contribution is 0.291. The van der Waals surface area contributed by atoms with Crippen LogP contribution in [0.2, 0.25) is 0 Å². The van der Waals surface area contributed by atoms with E-state index in [9.17, 15) is 0 Å². The summed E-state index contributed by atoms with van der Waals surface area (Å²) in [6.07, 6.45) is 4.45. The third kappa shape index (κ3) is 3.24. The van der Waals surface area contributed by atoms with E-state index in [0.717, 1.165) is 12.2 Å². The Hall–Kier alpha value is -1.97. The van der Waals surface area contributed by atoms with E-state index >= 15 is 0 Å². The number of aromatic nitrogens is 2. The SMILES string of the molecule is CCc1cccc(OCCn2cc(N)cn2)c1. The molecule has 2 rings (SSSR count). The zero-order chi connectivity index (χ0) is 12.1. The topological polar surface area (TPSA) is 53.1 Å². The average molecular weight is 231 g/mol. The molecule has 1 heterocycles. The Morgan fingerprint density at radius 1 is 1.41 bits per heavy atom. The number of benzene rings is 1. The third-order valence-corrected chi connectivity index (χ3v) is 2.55. The molecular formula is C13H17N3O. The third-order valence-electron chi connectivity index (χ3n) is 2.55. The molecule has 0 radical (unpaired) electrons. The van der Waals surface area contributed by atoms with Crippen LogP contribution < -0.4 is 10.5 Å². The minimum absolute atomic E-state index is 0.592. The highest BCUT2D eigenvalue weighted by atomic mass is 16.5. The van der Waals surface area contributed by atoms with Gasteiger partial charge in [-0.3, -0.25) is 4.68 Å². The summed E-state index contributed by atoms with van der Waals surface area (Å²) in [5, 5.41) is 4.09. The van der Waals surface area contributed by atoms with Crippen molar-refractivity contribution in [2.45, 2.75) is 19.9 Å². The highest BCUT2D eigenvalue weighted by Crippen LogP contribution is 2.13. The highest BCUT2D eigenvalue weighted by Gasteiger charge is 1.97. The number of nitrogen functional groups attached to an aromatic ring is 1. The van der Waals surface area contributed by atoms with Crippen LogP contribution in [-0.2, 0) is 13.0 Å². The summed E-state index contributed by atoms with van der Waals surface area (Å²) in [5.41, 5.74) is 7.54. The standard InChI is InChI=1S/C13H17N3O/c1-2-11-4-3-5-13(8-11)17-7-6-16-10-12(14)9-15-16/h3-5,8-10H,2,6-7,14H2,1H3. The monoisotopic (exact) mass is 231 g/mol. The summed E-state index contributed by atoms with van der Waals surface area (Å²) in [5.74, 6) is 0.907. The lowest BCUT2D eigenvalue weighted by atomic mass is 10.2. The lowest BCUT2D eigenvalue weighted by Gasteiger charge is -2.07. The molecule has 0 atom stereocenters. The molecule has 1 aromatic heterocycles. The van der Waals surface area contributed by atoms with Crippen LogP contribution >= 0.6 is 0 Å². The first-order valence-corrected chi connectivity index (χ1v) is 5.77. The second-order valence-electron chi connectivity index (χ2n) is 3.89. The van der Waals surface area contributed by atoms with Gasteiger partial charge in [0.2, 0.25) is 0 Å². The van der Waals surface area contributed by atoms with E-state index in [1.807, 2.05) is 12.1 Å². The summed E-state index contributed by atoms with van der Waals surface area (Å²) in [6.45, 7) is 3.42. The van der Waals surface area contributed by atoms with Gasteiger partial charge in [0.25, 0.3) is 0 Å². The fourth-order valence-electron chi connectivity index (χ4n) is 1.61. The van der Waals surface area contributed by atoms with Gasteiger partial charge in [0, 0.05) is 6.20 Å². The minimum Gasteiger partial charge on any atom is -0.492 e. The van der Waals surface area contributed by atoms with Gasteiger partial charge in [0.15, 0.2) is 0 Å². The molecule has 0 aliphatic carbocycles. The predicted octanol–water partition coefficient (Wildman–Crippen LogP) is 2.11. The van der Waals surface area contributed by atoms with Gasteiger partial charge in [-0.2, -0.15) is 5.10 Å². The van der Waals surface area contributed by atoms with E-state index in [4.69, 9.17) is 10.5 Å². The van der Waals surface area contributed by atoms with Crippen molar-refractivity contribution in [3.63, 3.8) is 0 Å². The number of nitrogens with two attached hydrogens (primary N) is 1. The fraction of sp³-hybridized carbons (Fsp3) is 0.308. The molecule has 0 unspecified atom stereocenters. The maximum absolute atomic E-state index is 5.66. The van der Waals surface area contributed by atoms with Gasteiger partial charge >= 0.3 is 0 Å². The van der Waals surface area contributed by atoms with Crippen molar-refractivity contribution in [1.29, 1.82) is 0 Å². The molecule has 2 aromatic rings. The molecule has 17 heavy (non-hydrogen) atoms. The van der Waals surface area contributed by atoms with Gasteiger partial charge in [-0.15, -0.1) is 0 Å². The molecule has 4 heteroatoms. The molecule has 4 nitrogen and oxygen atoms in total. The van der Waals surface area contributed by atoms with E-state index in [-0.39, 0.29) is 0 Å². The molecule has 0 spiro atoms. The molecule has 0 aliphatic rings. The van der Waals surface area contributed by atoms with Crippen LogP contribution in [-0.4, -0.2) is 16.4 Å². The van der Waals surface area contributed by atoms with Crippen LogP contribution in [0.15, 0.2) is 36.7 Å². The number of nitrogens with zero attached hydrogens (tertiary/aromatic N) is 2.